The summed E-state index contributed by atoms with van der Waals surface area (Å²) in [6, 6.07) is 0. The highest BCUT2D eigenvalue weighted by Crippen LogP contribution is 2.38. The zero-order valence-electron chi connectivity index (χ0n) is 16.7. The van der Waals surface area contributed by atoms with E-state index in [1.54, 1.807) is 0 Å². The van der Waals surface area contributed by atoms with E-state index in [4.69, 9.17) is 0 Å². The van der Waals surface area contributed by atoms with E-state index in [1.807, 2.05) is 0 Å². The van der Waals surface area contributed by atoms with Gasteiger partial charge >= 0.3 is 18.3 Å². The van der Waals surface area contributed by atoms with Crippen molar-refractivity contribution in [1.29, 1.82) is 0 Å². The Labute approximate surface area is 183 Å². The molecule has 0 radical (unpaired) electrons. The molecule has 0 amide bonds. The number of rotatable bonds is 4. The average Bonchev–Trinajstić information content (AvgIpc) is 3.30. The molecule has 0 aliphatic heterocycles. The third-order valence-electron chi connectivity index (χ3n) is 4.74. The molecular weight excluding hydrogens is 482 g/mol. The fourth-order valence-electron chi connectivity index (χ4n) is 3.26. The summed E-state index contributed by atoms with van der Waals surface area (Å²) in [5.74, 6) is -5.64. The number of alkyl halides is 8. The van der Waals surface area contributed by atoms with E-state index in [0.29, 0.717) is 12.4 Å². The molecule has 34 heavy (non-hydrogen) atoms. The fraction of sp³-hybridized carbons (Fsp3) is 0.278. The van der Waals surface area contributed by atoms with Crippen molar-refractivity contribution >= 4 is 5.78 Å². The van der Waals surface area contributed by atoms with E-state index in [9.17, 15) is 39.9 Å². The predicted octanol–water partition coefficient (Wildman–Crippen LogP) is 3.66. The van der Waals surface area contributed by atoms with Crippen molar-refractivity contribution in [3.05, 3.63) is 59.1 Å². The molecule has 0 saturated carbocycles. The minimum Gasteiger partial charge on any atom is -0.280 e. The van der Waals surface area contributed by atoms with Crippen molar-refractivity contribution in [3.8, 4) is 16.8 Å². The summed E-state index contributed by atoms with van der Waals surface area (Å²) in [5.41, 5.74) is -4.12. The Morgan fingerprint density at radius 3 is 2.18 bits per heavy atom. The van der Waals surface area contributed by atoms with Gasteiger partial charge in [-0.15, -0.1) is 0 Å². The molecule has 0 N–H and O–H groups in total. The third-order valence-corrected chi connectivity index (χ3v) is 4.74. The van der Waals surface area contributed by atoms with Crippen LogP contribution in [0.15, 0.2) is 42.1 Å². The molecule has 0 aromatic carbocycles. The van der Waals surface area contributed by atoms with E-state index < -0.39 is 53.0 Å². The smallest absolute Gasteiger partial charge is 0.280 e. The second-order valence-corrected chi connectivity index (χ2v) is 7.14. The van der Waals surface area contributed by atoms with Gasteiger partial charge in [-0.3, -0.25) is 18.4 Å². The first-order valence-corrected chi connectivity index (χ1v) is 9.15. The summed E-state index contributed by atoms with van der Waals surface area (Å²) in [6.07, 6.45) is -5.09. The first-order valence-electron chi connectivity index (χ1n) is 9.15. The van der Waals surface area contributed by atoms with Crippen LogP contribution in [0.5, 0.6) is 0 Å². The Morgan fingerprint density at radius 1 is 0.941 bits per heavy atom. The van der Waals surface area contributed by atoms with Crippen molar-refractivity contribution < 1.29 is 35.1 Å². The molecule has 8 nitrogen and oxygen atoms in total. The lowest BCUT2D eigenvalue weighted by molar-refractivity contribution is -0.287. The second kappa shape index (κ2) is 7.59. The lowest BCUT2D eigenvalue weighted by Crippen LogP contribution is -2.40. The van der Waals surface area contributed by atoms with E-state index in [1.165, 1.54) is 36.4 Å². The molecular formula is C18H11F8N7O. The summed E-state index contributed by atoms with van der Waals surface area (Å²) in [4.78, 5) is 24.2. The van der Waals surface area contributed by atoms with Gasteiger partial charge in [0.05, 0.1) is 29.8 Å². The van der Waals surface area contributed by atoms with Gasteiger partial charge in [0.15, 0.2) is 5.69 Å². The van der Waals surface area contributed by atoms with Crippen LogP contribution in [0.1, 0.15) is 11.4 Å². The van der Waals surface area contributed by atoms with Gasteiger partial charge in [-0.2, -0.15) is 40.2 Å². The number of fused-ring (bicyclic) bond motifs is 1. The van der Waals surface area contributed by atoms with E-state index in [-0.39, 0.29) is 16.1 Å². The molecule has 180 valence electrons. The minimum atomic E-state index is -5.90. The molecule has 0 saturated heterocycles. The number of aryl methyl sites for hydroxylation is 1. The third kappa shape index (κ3) is 3.88. The molecule has 0 bridgehead atoms. The molecule has 4 heterocycles. The average molecular weight is 493 g/mol. The van der Waals surface area contributed by atoms with Gasteiger partial charge in [-0.05, 0) is 6.92 Å². The van der Waals surface area contributed by atoms with Gasteiger partial charge in [0.2, 0.25) is 5.78 Å². The number of hydrogen-bond donors (Lipinski definition) is 0. The standard InChI is InChI=1S/C18H11F8N7O/c1-9-5-32-14(34)12(10-2-29-31(6-10)7-16(19,20)18(24,25)26)13(17(21,22)23)30-15(32)33(9)11-3-27-8-28-4-11/h2-6,8H,7H2,1H3. The zero-order chi connectivity index (χ0) is 25.1. The van der Waals surface area contributed by atoms with E-state index >= 15 is 0 Å². The highest BCUT2D eigenvalue weighted by atomic mass is 19.4. The second-order valence-electron chi connectivity index (χ2n) is 7.14. The quantitative estimate of drug-likeness (QED) is 0.406. The van der Waals surface area contributed by atoms with Crippen molar-refractivity contribution in [1.82, 2.24) is 33.7 Å². The van der Waals surface area contributed by atoms with Crippen LogP contribution in [0, 0.1) is 6.92 Å². The molecule has 0 unspecified atom stereocenters. The van der Waals surface area contributed by atoms with Crippen LogP contribution in [0.4, 0.5) is 35.1 Å². The first-order chi connectivity index (χ1) is 15.7. The van der Waals surface area contributed by atoms with Crippen molar-refractivity contribution in [2.45, 2.75) is 31.7 Å². The SMILES string of the molecule is Cc1cn2c(=O)c(-c3cnn(CC(F)(F)C(F)(F)F)c3)c(C(F)(F)F)nc2n1-c1cncnc1. The summed E-state index contributed by atoms with van der Waals surface area (Å²) in [7, 11) is 0. The Kier molecular flexibility index (Phi) is 5.21. The van der Waals surface area contributed by atoms with Gasteiger partial charge in [0.1, 0.15) is 12.9 Å². The number of hydrogen-bond acceptors (Lipinski definition) is 5. The Balaban J connectivity index is 1.92. The maximum absolute atomic E-state index is 13.9. The summed E-state index contributed by atoms with van der Waals surface area (Å²) in [6.45, 7) is -0.510. The van der Waals surface area contributed by atoms with E-state index in [0.717, 1.165) is 4.40 Å². The Morgan fingerprint density at radius 2 is 1.59 bits per heavy atom. The van der Waals surface area contributed by atoms with Crippen LogP contribution in [0.2, 0.25) is 0 Å². The largest absolute Gasteiger partial charge is 0.455 e. The zero-order valence-corrected chi connectivity index (χ0v) is 16.7. The fourth-order valence-corrected chi connectivity index (χ4v) is 3.26. The van der Waals surface area contributed by atoms with Gasteiger partial charge in [-0.25, -0.2) is 15.0 Å². The molecule has 0 aliphatic carbocycles. The number of imidazole rings is 1. The molecule has 0 fully saturated rings. The highest BCUT2D eigenvalue weighted by Gasteiger charge is 2.57. The Hall–Kier alpha value is -3.85. The molecule has 4 aromatic heterocycles. The van der Waals surface area contributed by atoms with Crippen LogP contribution in [0.25, 0.3) is 22.6 Å². The molecule has 4 rings (SSSR count). The minimum absolute atomic E-state index is 0.106. The molecule has 4 aromatic rings. The first kappa shape index (κ1) is 23.3. The number of aromatic nitrogens is 7. The Bertz CT molecular complexity index is 1420. The van der Waals surface area contributed by atoms with Crippen LogP contribution in [0.3, 0.4) is 0 Å². The summed E-state index contributed by atoms with van der Waals surface area (Å²) in [5, 5.41) is 3.28. The topological polar surface area (TPSA) is 82.9 Å². The van der Waals surface area contributed by atoms with Gasteiger partial charge < -0.3 is 0 Å². The van der Waals surface area contributed by atoms with Gasteiger partial charge in [-0.1, -0.05) is 0 Å². The summed E-state index contributed by atoms with van der Waals surface area (Å²) >= 11 is 0. The lowest BCUT2D eigenvalue weighted by atomic mass is 10.1. The number of halogens is 8. The lowest BCUT2D eigenvalue weighted by Gasteiger charge is -2.19. The monoisotopic (exact) mass is 493 g/mol. The summed E-state index contributed by atoms with van der Waals surface area (Å²) < 4.78 is 108. The van der Waals surface area contributed by atoms with E-state index in [2.05, 4.69) is 20.1 Å². The van der Waals surface area contributed by atoms with Crippen molar-refractivity contribution in [2.24, 2.45) is 0 Å². The van der Waals surface area contributed by atoms with Crippen molar-refractivity contribution in [2.75, 3.05) is 0 Å². The molecule has 0 spiro atoms. The maximum atomic E-state index is 13.9. The van der Waals surface area contributed by atoms with Crippen molar-refractivity contribution in [3.63, 3.8) is 0 Å². The van der Waals surface area contributed by atoms with Gasteiger partial charge in [0, 0.05) is 23.7 Å². The molecule has 0 atom stereocenters. The van der Waals surface area contributed by atoms with Crippen LogP contribution in [-0.4, -0.2) is 45.8 Å². The molecule has 16 heteroatoms. The molecule has 0 aliphatic rings. The highest BCUT2D eigenvalue weighted by molar-refractivity contribution is 5.66. The van der Waals surface area contributed by atoms with Crippen LogP contribution in [-0.2, 0) is 12.7 Å². The number of nitrogens with zero attached hydrogens (tertiary/aromatic N) is 7. The predicted molar refractivity (Wildman–Crippen MR) is 98.3 cm³/mol. The van der Waals surface area contributed by atoms with Crippen LogP contribution < -0.4 is 5.56 Å². The normalized spacial score (nSPS) is 13.1. The van der Waals surface area contributed by atoms with Gasteiger partial charge in [0.25, 0.3) is 5.56 Å². The maximum Gasteiger partial charge on any atom is 0.455 e. The van der Waals surface area contributed by atoms with Crippen LogP contribution >= 0.6 is 0 Å².